The molecule has 5 nitrogen and oxygen atoms in total. The third-order valence-electron chi connectivity index (χ3n) is 4.75. The van der Waals surface area contributed by atoms with Gasteiger partial charge in [-0.15, -0.1) is 11.3 Å². The van der Waals surface area contributed by atoms with Crippen LogP contribution in [0.4, 0.5) is 0 Å². The van der Waals surface area contributed by atoms with E-state index < -0.39 is 17.6 Å². The van der Waals surface area contributed by atoms with E-state index in [1.54, 1.807) is 20.0 Å². The number of hydrogen-bond donors (Lipinski definition) is 0. The molecule has 0 saturated heterocycles. The van der Waals surface area contributed by atoms with Gasteiger partial charge in [0.2, 0.25) is 0 Å². The van der Waals surface area contributed by atoms with Crippen LogP contribution in [0.2, 0.25) is 0 Å². The van der Waals surface area contributed by atoms with E-state index in [0.29, 0.717) is 18.4 Å². The molecule has 6 heteroatoms. The molecular formula is C18H24N2O3S. The van der Waals surface area contributed by atoms with Crippen LogP contribution in [0, 0.1) is 25.2 Å². The summed E-state index contributed by atoms with van der Waals surface area (Å²) in [4.78, 5) is 28.3. The number of rotatable bonds is 4. The first-order chi connectivity index (χ1) is 11.3. The standard InChI is InChI=1S/C18H24N2O3S/c1-12-10-15(14(3)24-12)17(22)23-13(2)16(21)20(4)18(11-19)8-6-5-7-9-18/h10,13H,5-9H2,1-4H3/t13-/m1/s1. The van der Waals surface area contributed by atoms with Crippen LogP contribution in [-0.4, -0.2) is 35.5 Å². The van der Waals surface area contributed by atoms with Gasteiger partial charge in [0.15, 0.2) is 6.10 Å². The molecular weight excluding hydrogens is 324 g/mol. The number of nitrogens with zero attached hydrogens (tertiary/aromatic N) is 2. The number of carbonyl (C=O) groups excluding carboxylic acids is 2. The van der Waals surface area contributed by atoms with Crippen molar-refractivity contribution in [1.29, 1.82) is 5.26 Å². The van der Waals surface area contributed by atoms with Crippen molar-refractivity contribution in [2.24, 2.45) is 0 Å². The number of likely N-dealkylation sites (N-methyl/N-ethyl adjacent to an activating group) is 1. The topological polar surface area (TPSA) is 70.4 Å². The van der Waals surface area contributed by atoms with E-state index in [0.717, 1.165) is 29.0 Å². The second kappa shape index (κ2) is 7.35. The fourth-order valence-corrected chi connectivity index (χ4v) is 4.16. The summed E-state index contributed by atoms with van der Waals surface area (Å²) in [5.74, 6) is -0.808. The maximum absolute atomic E-state index is 12.7. The molecule has 0 aromatic carbocycles. The zero-order chi connectivity index (χ0) is 17.9. The number of carbonyl (C=O) groups is 2. The summed E-state index contributed by atoms with van der Waals surface area (Å²) >= 11 is 1.53. The van der Waals surface area contributed by atoms with Gasteiger partial charge in [0.1, 0.15) is 5.54 Å². The molecule has 0 N–H and O–H groups in total. The fraction of sp³-hybridized carbons (Fsp3) is 0.611. The molecule has 1 fully saturated rings. The van der Waals surface area contributed by atoms with Crippen LogP contribution < -0.4 is 0 Å². The van der Waals surface area contributed by atoms with Crippen molar-refractivity contribution in [1.82, 2.24) is 4.90 Å². The molecule has 1 aliphatic carbocycles. The lowest BCUT2D eigenvalue weighted by Gasteiger charge is -2.39. The van der Waals surface area contributed by atoms with Crippen molar-refractivity contribution >= 4 is 23.2 Å². The van der Waals surface area contributed by atoms with Crippen LogP contribution >= 0.6 is 11.3 Å². The van der Waals surface area contributed by atoms with Crippen molar-refractivity contribution in [2.45, 2.75) is 64.5 Å². The molecule has 1 amide bonds. The van der Waals surface area contributed by atoms with E-state index >= 15 is 0 Å². The summed E-state index contributed by atoms with van der Waals surface area (Å²) in [6.45, 7) is 5.36. The number of ether oxygens (including phenoxy) is 1. The number of amides is 1. The van der Waals surface area contributed by atoms with Crippen LogP contribution in [0.5, 0.6) is 0 Å². The van der Waals surface area contributed by atoms with Gasteiger partial charge in [-0.25, -0.2) is 4.79 Å². The molecule has 1 saturated carbocycles. The van der Waals surface area contributed by atoms with Gasteiger partial charge in [-0.2, -0.15) is 5.26 Å². The summed E-state index contributed by atoms with van der Waals surface area (Å²) in [5, 5.41) is 9.59. The predicted octanol–water partition coefficient (Wildman–Crippen LogP) is 3.60. The van der Waals surface area contributed by atoms with Crippen LogP contribution in [-0.2, 0) is 9.53 Å². The largest absolute Gasteiger partial charge is 0.449 e. The summed E-state index contributed by atoms with van der Waals surface area (Å²) < 4.78 is 5.36. The zero-order valence-electron chi connectivity index (χ0n) is 14.7. The first kappa shape index (κ1) is 18.5. The van der Waals surface area contributed by atoms with Crippen LogP contribution in [0.3, 0.4) is 0 Å². The predicted molar refractivity (Wildman–Crippen MR) is 92.9 cm³/mol. The van der Waals surface area contributed by atoms with Crippen molar-refractivity contribution in [2.75, 3.05) is 7.05 Å². The number of thiophene rings is 1. The molecule has 1 aliphatic rings. The average molecular weight is 348 g/mol. The monoisotopic (exact) mass is 348 g/mol. The Bertz CT molecular complexity index is 668. The Kier molecular flexibility index (Phi) is 5.66. The number of nitriles is 1. The second-order valence-electron chi connectivity index (χ2n) is 6.48. The number of aryl methyl sites for hydroxylation is 2. The zero-order valence-corrected chi connectivity index (χ0v) is 15.5. The number of esters is 1. The van der Waals surface area contributed by atoms with E-state index in [-0.39, 0.29) is 5.91 Å². The van der Waals surface area contributed by atoms with Gasteiger partial charge in [0.25, 0.3) is 5.91 Å². The molecule has 2 rings (SSSR count). The van der Waals surface area contributed by atoms with Gasteiger partial charge in [-0.3, -0.25) is 4.79 Å². The Morgan fingerprint density at radius 1 is 1.33 bits per heavy atom. The lowest BCUT2D eigenvalue weighted by Crippen LogP contribution is -2.53. The molecule has 0 bridgehead atoms. The maximum Gasteiger partial charge on any atom is 0.340 e. The van der Waals surface area contributed by atoms with E-state index in [9.17, 15) is 14.9 Å². The summed E-state index contributed by atoms with van der Waals surface area (Å²) in [6, 6.07) is 4.10. The molecule has 1 aromatic heterocycles. The Morgan fingerprint density at radius 2 is 1.96 bits per heavy atom. The lowest BCUT2D eigenvalue weighted by atomic mass is 9.81. The minimum Gasteiger partial charge on any atom is -0.449 e. The molecule has 1 aromatic rings. The van der Waals surface area contributed by atoms with Crippen molar-refractivity contribution < 1.29 is 14.3 Å². The third kappa shape index (κ3) is 3.62. The highest BCUT2D eigenvalue weighted by Gasteiger charge is 2.40. The molecule has 0 aliphatic heterocycles. The SMILES string of the molecule is Cc1cc(C(=O)O[C@H](C)C(=O)N(C)C2(C#N)CCCCC2)c(C)s1. The highest BCUT2D eigenvalue weighted by molar-refractivity contribution is 7.12. The van der Waals surface area contributed by atoms with Crippen molar-refractivity contribution in [3.8, 4) is 6.07 Å². The highest BCUT2D eigenvalue weighted by Crippen LogP contribution is 2.33. The summed E-state index contributed by atoms with van der Waals surface area (Å²) in [6.07, 6.45) is 3.41. The van der Waals surface area contributed by atoms with E-state index in [1.165, 1.54) is 16.2 Å². The second-order valence-corrected chi connectivity index (χ2v) is 7.94. The Labute approximate surface area is 147 Å². The Morgan fingerprint density at radius 3 is 2.46 bits per heavy atom. The molecule has 0 unspecified atom stereocenters. The first-order valence-electron chi connectivity index (χ1n) is 8.27. The van der Waals surface area contributed by atoms with Gasteiger partial charge in [-0.1, -0.05) is 19.3 Å². The third-order valence-corrected chi connectivity index (χ3v) is 5.72. The van der Waals surface area contributed by atoms with Crippen LogP contribution in [0.15, 0.2) is 6.07 Å². The normalized spacial score (nSPS) is 17.6. The minimum atomic E-state index is -0.908. The molecule has 24 heavy (non-hydrogen) atoms. The van der Waals surface area contributed by atoms with Gasteiger partial charge in [0.05, 0.1) is 11.6 Å². The molecule has 1 heterocycles. The van der Waals surface area contributed by atoms with Gasteiger partial charge < -0.3 is 9.64 Å². The molecule has 0 spiro atoms. The highest BCUT2D eigenvalue weighted by atomic mass is 32.1. The number of hydrogen-bond acceptors (Lipinski definition) is 5. The van der Waals surface area contributed by atoms with Crippen LogP contribution in [0.25, 0.3) is 0 Å². The fourth-order valence-electron chi connectivity index (χ4n) is 3.25. The first-order valence-corrected chi connectivity index (χ1v) is 9.09. The molecule has 1 atom stereocenters. The molecule has 0 radical (unpaired) electrons. The smallest absolute Gasteiger partial charge is 0.340 e. The van der Waals surface area contributed by atoms with Crippen molar-refractivity contribution in [3.63, 3.8) is 0 Å². The Hall–Kier alpha value is -1.87. The molecule has 130 valence electrons. The van der Waals surface area contributed by atoms with Crippen molar-refractivity contribution in [3.05, 3.63) is 21.4 Å². The van der Waals surface area contributed by atoms with Gasteiger partial charge >= 0.3 is 5.97 Å². The lowest BCUT2D eigenvalue weighted by molar-refractivity contribution is -0.143. The minimum absolute atomic E-state index is 0.323. The maximum atomic E-state index is 12.7. The van der Waals surface area contributed by atoms with E-state index in [4.69, 9.17) is 4.74 Å². The quantitative estimate of drug-likeness (QED) is 0.780. The average Bonchev–Trinajstić information content (AvgIpc) is 2.92. The van der Waals surface area contributed by atoms with Gasteiger partial charge in [-0.05, 0) is 39.7 Å². The van der Waals surface area contributed by atoms with Crippen LogP contribution in [0.1, 0.15) is 59.1 Å². The van der Waals surface area contributed by atoms with Gasteiger partial charge in [0, 0.05) is 16.8 Å². The Balaban J connectivity index is 2.07. The summed E-state index contributed by atoms with van der Waals surface area (Å²) in [5.41, 5.74) is -0.266. The van der Waals surface area contributed by atoms with E-state index in [1.807, 2.05) is 13.8 Å². The summed E-state index contributed by atoms with van der Waals surface area (Å²) in [7, 11) is 1.64. The van der Waals surface area contributed by atoms with E-state index in [2.05, 4.69) is 6.07 Å².